The molecule has 0 aliphatic carbocycles. The highest BCUT2D eigenvalue weighted by Crippen LogP contribution is 2.30. The molecular weight excluding hydrogens is 392 g/mol. The van der Waals surface area contributed by atoms with Crippen molar-refractivity contribution in [2.75, 3.05) is 26.1 Å². The van der Waals surface area contributed by atoms with Crippen molar-refractivity contribution in [1.82, 2.24) is 10.3 Å². The molecule has 0 radical (unpaired) electrons. The number of anilines is 1. The smallest absolute Gasteiger partial charge is 0.213 e. The number of rotatable bonds is 9. The molecule has 0 fully saturated rings. The first-order valence-electron chi connectivity index (χ1n) is 10.1. The second-order valence-electron chi connectivity index (χ2n) is 6.63. The average molecular weight is 421 g/mol. The Morgan fingerprint density at radius 1 is 0.968 bits per heavy atom. The van der Waals surface area contributed by atoms with Gasteiger partial charge >= 0.3 is 0 Å². The van der Waals surface area contributed by atoms with Gasteiger partial charge in [0.15, 0.2) is 17.5 Å². The summed E-state index contributed by atoms with van der Waals surface area (Å²) >= 11 is 0. The van der Waals surface area contributed by atoms with Crippen molar-refractivity contribution in [3.63, 3.8) is 0 Å². The zero-order valence-corrected chi connectivity index (χ0v) is 18.1. The third kappa shape index (κ3) is 6.64. The Morgan fingerprint density at radius 3 is 2.55 bits per heavy atom. The highest BCUT2D eigenvalue weighted by molar-refractivity contribution is 5.93. The lowest BCUT2D eigenvalue weighted by molar-refractivity contribution is 0.293. The molecule has 3 rings (SSSR count). The normalized spacial score (nSPS) is 11.0. The van der Waals surface area contributed by atoms with Gasteiger partial charge in [0.05, 0.1) is 13.7 Å². The van der Waals surface area contributed by atoms with Gasteiger partial charge in [0.1, 0.15) is 6.61 Å². The highest BCUT2D eigenvalue weighted by Gasteiger charge is 2.07. The molecule has 162 valence electrons. The minimum atomic E-state index is 0.480. The molecule has 0 atom stereocenters. The monoisotopic (exact) mass is 420 g/mol. The maximum absolute atomic E-state index is 5.81. The molecule has 0 bridgehead atoms. The molecule has 0 aliphatic heterocycles. The summed E-state index contributed by atoms with van der Waals surface area (Å²) < 4.78 is 16.8. The standard InChI is InChI=1S/C24H28N4O3/c1-4-30-21-11-10-20(15-22(21)29-3)28-24(25-2)27-16-19-12-13-26-23(14-19)31-17-18-8-6-5-7-9-18/h5-15H,4,16-17H2,1-3H3,(H2,25,27,28). The Morgan fingerprint density at radius 2 is 1.81 bits per heavy atom. The van der Waals surface area contributed by atoms with Gasteiger partial charge in [-0.1, -0.05) is 30.3 Å². The predicted molar refractivity (Wildman–Crippen MR) is 123 cm³/mol. The van der Waals surface area contributed by atoms with Crippen LogP contribution in [0.4, 0.5) is 5.69 Å². The van der Waals surface area contributed by atoms with Crippen LogP contribution >= 0.6 is 0 Å². The van der Waals surface area contributed by atoms with Crippen LogP contribution < -0.4 is 24.8 Å². The zero-order valence-electron chi connectivity index (χ0n) is 18.1. The quantitative estimate of drug-likeness (QED) is 0.398. The first-order chi connectivity index (χ1) is 15.2. The van der Waals surface area contributed by atoms with E-state index in [9.17, 15) is 0 Å². The Labute approximate surface area is 183 Å². The van der Waals surface area contributed by atoms with E-state index < -0.39 is 0 Å². The van der Waals surface area contributed by atoms with Crippen molar-refractivity contribution < 1.29 is 14.2 Å². The lowest BCUT2D eigenvalue weighted by Gasteiger charge is -2.15. The molecule has 0 saturated heterocycles. The van der Waals surface area contributed by atoms with Crippen LogP contribution in [0.2, 0.25) is 0 Å². The Bertz CT molecular complexity index is 993. The second kappa shape index (κ2) is 11.4. The zero-order chi connectivity index (χ0) is 21.9. The summed E-state index contributed by atoms with van der Waals surface area (Å²) in [7, 11) is 3.34. The van der Waals surface area contributed by atoms with Gasteiger partial charge in [0, 0.05) is 37.6 Å². The summed E-state index contributed by atoms with van der Waals surface area (Å²) in [5.41, 5.74) is 2.98. The summed E-state index contributed by atoms with van der Waals surface area (Å²) in [4.78, 5) is 8.58. The minimum Gasteiger partial charge on any atom is -0.493 e. The molecule has 0 spiro atoms. The molecule has 31 heavy (non-hydrogen) atoms. The maximum Gasteiger partial charge on any atom is 0.213 e. The summed E-state index contributed by atoms with van der Waals surface area (Å²) in [5.74, 6) is 2.59. The fourth-order valence-corrected chi connectivity index (χ4v) is 2.89. The fraction of sp³-hybridized carbons (Fsp3) is 0.250. The number of ether oxygens (including phenoxy) is 3. The van der Waals surface area contributed by atoms with Crippen LogP contribution in [0.1, 0.15) is 18.1 Å². The Hall–Kier alpha value is -3.74. The number of aliphatic imine (C=N–C) groups is 1. The summed E-state index contributed by atoms with van der Waals surface area (Å²) in [5, 5.41) is 6.56. The van der Waals surface area contributed by atoms with Crippen molar-refractivity contribution in [3.8, 4) is 17.4 Å². The van der Waals surface area contributed by atoms with Crippen molar-refractivity contribution in [1.29, 1.82) is 0 Å². The molecule has 2 aromatic carbocycles. The number of aromatic nitrogens is 1. The number of nitrogens with zero attached hydrogens (tertiary/aromatic N) is 2. The van der Waals surface area contributed by atoms with Gasteiger partial charge in [-0.25, -0.2) is 4.98 Å². The summed E-state index contributed by atoms with van der Waals surface area (Å²) in [6, 6.07) is 19.5. The molecule has 1 aromatic heterocycles. The number of nitrogens with one attached hydrogen (secondary N) is 2. The molecule has 2 N–H and O–H groups in total. The van der Waals surface area contributed by atoms with E-state index in [0.29, 0.717) is 43.1 Å². The predicted octanol–water partition coefficient (Wildman–Crippen LogP) is 4.26. The fourth-order valence-electron chi connectivity index (χ4n) is 2.89. The Kier molecular flexibility index (Phi) is 8.11. The molecule has 0 unspecified atom stereocenters. The topological polar surface area (TPSA) is 77.0 Å². The van der Waals surface area contributed by atoms with E-state index in [-0.39, 0.29) is 0 Å². The van der Waals surface area contributed by atoms with Crippen LogP contribution in [0.3, 0.4) is 0 Å². The van der Waals surface area contributed by atoms with Crippen LogP contribution in [-0.4, -0.2) is 31.7 Å². The average Bonchev–Trinajstić information content (AvgIpc) is 2.82. The van der Waals surface area contributed by atoms with Gasteiger partial charge in [-0.05, 0) is 36.2 Å². The Balaban J connectivity index is 1.57. The van der Waals surface area contributed by atoms with Gasteiger partial charge in [0.25, 0.3) is 0 Å². The molecule has 0 amide bonds. The molecule has 7 heteroatoms. The van der Waals surface area contributed by atoms with E-state index in [1.165, 1.54) is 0 Å². The van der Waals surface area contributed by atoms with Crippen molar-refractivity contribution >= 4 is 11.6 Å². The SMILES string of the molecule is CCOc1ccc(NC(=NC)NCc2ccnc(OCc3ccccc3)c2)cc1OC. The molecule has 0 saturated carbocycles. The van der Waals surface area contributed by atoms with Gasteiger partial charge in [-0.2, -0.15) is 0 Å². The number of guanidine groups is 1. The van der Waals surface area contributed by atoms with Crippen molar-refractivity contribution in [2.24, 2.45) is 4.99 Å². The van der Waals surface area contributed by atoms with Crippen LogP contribution in [0.15, 0.2) is 71.9 Å². The van der Waals surface area contributed by atoms with Crippen molar-refractivity contribution in [3.05, 3.63) is 78.0 Å². The van der Waals surface area contributed by atoms with E-state index in [4.69, 9.17) is 14.2 Å². The largest absolute Gasteiger partial charge is 0.493 e. The van der Waals surface area contributed by atoms with Crippen LogP contribution in [0, 0.1) is 0 Å². The number of methoxy groups -OCH3 is 1. The third-order valence-electron chi connectivity index (χ3n) is 4.44. The van der Waals surface area contributed by atoms with E-state index in [1.807, 2.05) is 67.6 Å². The van der Waals surface area contributed by atoms with E-state index >= 15 is 0 Å². The third-order valence-corrected chi connectivity index (χ3v) is 4.44. The number of hydrogen-bond donors (Lipinski definition) is 2. The van der Waals surface area contributed by atoms with Gasteiger partial charge < -0.3 is 24.8 Å². The second-order valence-corrected chi connectivity index (χ2v) is 6.63. The minimum absolute atomic E-state index is 0.480. The van der Waals surface area contributed by atoms with Crippen LogP contribution in [0.5, 0.6) is 17.4 Å². The summed E-state index contributed by atoms with van der Waals surface area (Å²) in [6.07, 6.45) is 1.74. The van der Waals surface area contributed by atoms with E-state index in [0.717, 1.165) is 16.8 Å². The van der Waals surface area contributed by atoms with E-state index in [2.05, 4.69) is 20.6 Å². The molecule has 1 heterocycles. The first kappa shape index (κ1) is 22.0. The van der Waals surface area contributed by atoms with Gasteiger partial charge in [-0.15, -0.1) is 0 Å². The lowest BCUT2D eigenvalue weighted by atomic mass is 10.2. The number of benzene rings is 2. The molecule has 0 aliphatic rings. The van der Waals surface area contributed by atoms with Gasteiger partial charge in [-0.3, -0.25) is 4.99 Å². The summed E-state index contributed by atoms with van der Waals surface area (Å²) in [6.45, 7) is 3.56. The first-order valence-corrected chi connectivity index (χ1v) is 10.1. The molecule has 7 nitrogen and oxygen atoms in total. The lowest BCUT2D eigenvalue weighted by Crippen LogP contribution is -2.30. The molecular formula is C24H28N4O3. The maximum atomic E-state index is 5.81. The number of hydrogen-bond acceptors (Lipinski definition) is 5. The van der Waals surface area contributed by atoms with Crippen LogP contribution in [0.25, 0.3) is 0 Å². The van der Waals surface area contributed by atoms with Gasteiger partial charge in [0.2, 0.25) is 5.88 Å². The van der Waals surface area contributed by atoms with Crippen molar-refractivity contribution in [2.45, 2.75) is 20.1 Å². The van der Waals surface area contributed by atoms with E-state index in [1.54, 1.807) is 20.4 Å². The molecule has 3 aromatic rings. The number of pyridine rings is 1. The van der Waals surface area contributed by atoms with Crippen LogP contribution in [-0.2, 0) is 13.2 Å². The highest BCUT2D eigenvalue weighted by atomic mass is 16.5.